The monoisotopic (exact) mass is 661 g/mol. The van der Waals surface area contributed by atoms with Crippen LogP contribution >= 0.6 is 11.3 Å². The highest BCUT2D eigenvalue weighted by atomic mass is 32.1. The number of rotatable bonds is 6. The standard InChI is InChI=1S/C37H26F3N5O2S/c1-23-16-18-25(19-17-23)33-26(22-44(43-33)27-11-4-3-5-12-27)20-32-35(47)45(31-15-9-7-13-29(31)37(38,39)40)36(48-32)28(21-41)34(46)42-30-14-8-6-10-24(30)2/h3-20,22H,1-2H3,(H,42,46)/b32-20-,36-28-. The van der Waals surface area contributed by atoms with Crippen LogP contribution < -0.4 is 14.8 Å². The van der Waals surface area contributed by atoms with Crippen molar-refractivity contribution in [3.05, 3.63) is 151 Å². The first-order valence-corrected chi connectivity index (χ1v) is 15.5. The molecular weight excluding hydrogens is 636 g/mol. The fourth-order valence-electron chi connectivity index (χ4n) is 5.11. The Morgan fingerprint density at radius 1 is 0.938 bits per heavy atom. The lowest BCUT2D eigenvalue weighted by Gasteiger charge is -2.13. The van der Waals surface area contributed by atoms with Gasteiger partial charge < -0.3 is 5.11 Å². The molecule has 0 aliphatic heterocycles. The van der Waals surface area contributed by atoms with Crippen LogP contribution in [0.2, 0.25) is 0 Å². The van der Waals surface area contributed by atoms with Crippen molar-refractivity contribution in [2.45, 2.75) is 20.0 Å². The van der Waals surface area contributed by atoms with Crippen LogP contribution in [0.3, 0.4) is 0 Å². The summed E-state index contributed by atoms with van der Waals surface area (Å²) in [5.41, 5.74) is 1.79. The van der Waals surface area contributed by atoms with E-state index in [1.807, 2.05) is 67.6 Å². The number of nitrogens with zero attached hydrogens (tertiary/aromatic N) is 5. The molecule has 0 bridgehead atoms. The van der Waals surface area contributed by atoms with E-state index in [0.717, 1.165) is 44.9 Å². The number of aromatic nitrogens is 3. The maximum atomic E-state index is 14.3. The lowest BCUT2D eigenvalue weighted by Crippen LogP contribution is -2.33. The van der Waals surface area contributed by atoms with E-state index in [1.54, 1.807) is 42.1 Å². The number of hydrogen-bond donors (Lipinski definition) is 1. The molecule has 4 aromatic carbocycles. The van der Waals surface area contributed by atoms with Crippen molar-refractivity contribution in [1.29, 1.82) is 5.26 Å². The van der Waals surface area contributed by atoms with E-state index < -0.39 is 34.5 Å². The second kappa shape index (κ2) is 13.0. The number of thiazole rings is 1. The predicted octanol–water partition coefficient (Wildman–Crippen LogP) is 7.18. The summed E-state index contributed by atoms with van der Waals surface area (Å²) in [4.78, 5) is 18.4. The van der Waals surface area contributed by atoms with Crippen molar-refractivity contribution in [2.24, 2.45) is 4.99 Å². The number of halogens is 3. The van der Waals surface area contributed by atoms with Crippen LogP contribution in [0.15, 0.2) is 119 Å². The average molecular weight is 662 g/mol. The summed E-state index contributed by atoms with van der Waals surface area (Å²) in [6.45, 7) is 3.71. The quantitative estimate of drug-likeness (QED) is 0.151. The molecule has 0 atom stereocenters. The minimum Gasteiger partial charge on any atom is -0.492 e. The Labute approximate surface area is 276 Å². The Morgan fingerprint density at radius 2 is 1.60 bits per heavy atom. The summed E-state index contributed by atoms with van der Waals surface area (Å²) in [7, 11) is 0. The average Bonchev–Trinajstić information content (AvgIpc) is 3.63. The number of nitriles is 1. The molecule has 1 N–H and O–H groups in total. The number of benzene rings is 4. The van der Waals surface area contributed by atoms with Crippen LogP contribution in [0, 0.1) is 25.2 Å². The maximum Gasteiger partial charge on any atom is 0.418 e. The molecule has 0 saturated heterocycles. The molecule has 48 heavy (non-hydrogen) atoms. The third-order valence-electron chi connectivity index (χ3n) is 7.54. The van der Waals surface area contributed by atoms with E-state index in [1.165, 1.54) is 18.2 Å². The van der Waals surface area contributed by atoms with E-state index in [-0.39, 0.29) is 9.20 Å². The molecule has 6 aromatic rings. The van der Waals surface area contributed by atoms with Crippen LogP contribution in [0.1, 0.15) is 22.3 Å². The molecule has 0 fully saturated rings. The molecule has 0 aliphatic rings. The molecule has 11 heteroatoms. The summed E-state index contributed by atoms with van der Waals surface area (Å²) in [6, 6.07) is 30.3. The maximum absolute atomic E-state index is 14.3. The number of para-hydroxylation sites is 3. The van der Waals surface area contributed by atoms with Gasteiger partial charge in [-0.15, -0.1) is 11.3 Å². The van der Waals surface area contributed by atoms with E-state index in [0.29, 0.717) is 22.5 Å². The lowest BCUT2D eigenvalue weighted by atomic mass is 10.1. The Kier molecular flexibility index (Phi) is 8.67. The Bertz CT molecular complexity index is 2400. The molecule has 0 aliphatic carbocycles. The largest absolute Gasteiger partial charge is 0.492 e. The summed E-state index contributed by atoms with van der Waals surface area (Å²) in [5.74, 6) is -0.741. The first-order valence-electron chi connectivity index (χ1n) is 14.7. The summed E-state index contributed by atoms with van der Waals surface area (Å²) < 4.78 is 45.1. The van der Waals surface area contributed by atoms with Gasteiger partial charge in [0, 0.05) is 17.3 Å². The van der Waals surface area contributed by atoms with E-state index in [4.69, 9.17) is 5.10 Å². The molecule has 7 nitrogen and oxygen atoms in total. The van der Waals surface area contributed by atoms with Gasteiger partial charge in [-0.3, -0.25) is 9.36 Å². The molecule has 238 valence electrons. The van der Waals surface area contributed by atoms with E-state index in [9.17, 15) is 28.3 Å². The van der Waals surface area contributed by atoms with Gasteiger partial charge in [-0.05, 0) is 55.8 Å². The van der Waals surface area contributed by atoms with Gasteiger partial charge in [0.05, 0.1) is 32.9 Å². The lowest BCUT2D eigenvalue weighted by molar-refractivity contribution is -0.137. The topological polar surface area (TPSA) is 96.2 Å². The summed E-state index contributed by atoms with van der Waals surface area (Å²) >= 11 is 0.772. The van der Waals surface area contributed by atoms with Gasteiger partial charge in [0.25, 0.3) is 5.56 Å². The number of hydrogen-bond acceptors (Lipinski definition) is 5. The van der Waals surface area contributed by atoms with Gasteiger partial charge >= 0.3 is 6.18 Å². The molecule has 0 amide bonds. The third-order valence-corrected chi connectivity index (χ3v) is 8.63. The van der Waals surface area contributed by atoms with Crippen LogP contribution in [0.5, 0.6) is 0 Å². The number of aliphatic imine (C=N–C) groups is 1. The van der Waals surface area contributed by atoms with Crippen molar-refractivity contribution >= 4 is 34.6 Å². The molecule has 0 radical (unpaired) electrons. The Morgan fingerprint density at radius 3 is 2.29 bits per heavy atom. The minimum absolute atomic E-state index is 0.0133. The predicted molar refractivity (Wildman–Crippen MR) is 181 cm³/mol. The van der Waals surface area contributed by atoms with Crippen molar-refractivity contribution in [3.8, 4) is 28.7 Å². The first-order chi connectivity index (χ1) is 23.0. The number of aryl methyl sites for hydroxylation is 2. The normalized spacial score (nSPS) is 13.0. The third kappa shape index (κ3) is 6.34. The van der Waals surface area contributed by atoms with Gasteiger partial charge in [0.1, 0.15) is 16.3 Å². The minimum atomic E-state index is -4.82. The zero-order valence-corrected chi connectivity index (χ0v) is 26.4. The molecule has 0 unspecified atom stereocenters. The molecule has 0 spiro atoms. The van der Waals surface area contributed by atoms with Crippen molar-refractivity contribution in [3.63, 3.8) is 0 Å². The van der Waals surface area contributed by atoms with Crippen LogP contribution in [-0.4, -0.2) is 25.4 Å². The molecular formula is C37H26F3N5O2S. The number of aliphatic hydroxyl groups is 1. The molecule has 2 aromatic heterocycles. The molecule has 2 heterocycles. The molecule has 0 saturated carbocycles. The van der Waals surface area contributed by atoms with Crippen LogP contribution in [0.25, 0.3) is 34.3 Å². The van der Waals surface area contributed by atoms with Crippen molar-refractivity contribution in [2.75, 3.05) is 0 Å². The second-order valence-electron chi connectivity index (χ2n) is 10.9. The highest BCUT2D eigenvalue weighted by Gasteiger charge is 2.34. The Balaban J connectivity index is 1.68. The number of alkyl halides is 3. The number of aliphatic hydroxyl groups excluding tert-OH is 1. The van der Waals surface area contributed by atoms with Gasteiger partial charge in [-0.1, -0.05) is 78.4 Å². The van der Waals surface area contributed by atoms with Crippen LogP contribution in [0.4, 0.5) is 18.9 Å². The summed E-state index contributed by atoms with van der Waals surface area (Å²) in [6.07, 6.45) is -1.56. The van der Waals surface area contributed by atoms with Crippen molar-refractivity contribution in [1.82, 2.24) is 14.3 Å². The fourth-order valence-corrected chi connectivity index (χ4v) is 6.20. The smallest absolute Gasteiger partial charge is 0.418 e. The first kappa shape index (κ1) is 32.0. The van der Waals surface area contributed by atoms with Crippen molar-refractivity contribution < 1.29 is 18.3 Å². The zero-order valence-electron chi connectivity index (χ0n) is 25.6. The SMILES string of the molecule is Cc1ccc(-c2nn(-c3ccccc3)cc2/C=c2\s/c(=C(/C#N)C(O)=Nc3ccccc3C)n(-c3ccccc3C(F)(F)F)c2=O)cc1. The Hall–Kier alpha value is -5.99. The van der Waals surface area contributed by atoms with E-state index in [2.05, 4.69) is 4.99 Å². The fraction of sp³-hybridized carbons (Fsp3) is 0.0811. The zero-order chi connectivity index (χ0) is 34.0. The van der Waals surface area contributed by atoms with Gasteiger partial charge in [0.2, 0.25) is 5.90 Å². The van der Waals surface area contributed by atoms with E-state index >= 15 is 0 Å². The summed E-state index contributed by atoms with van der Waals surface area (Å²) in [5, 5.41) is 26.2. The van der Waals surface area contributed by atoms with Gasteiger partial charge in [-0.25, -0.2) is 9.67 Å². The van der Waals surface area contributed by atoms with Gasteiger partial charge in [-0.2, -0.15) is 23.5 Å². The van der Waals surface area contributed by atoms with Crippen LogP contribution in [-0.2, 0) is 6.18 Å². The highest BCUT2D eigenvalue weighted by Crippen LogP contribution is 2.33. The highest BCUT2D eigenvalue weighted by molar-refractivity contribution is 7.07. The molecule has 6 rings (SSSR count). The van der Waals surface area contributed by atoms with Gasteiger partial charge in [0.15, 0.2) is 0 Å². The second-order valence-corrected chi connectivity index (χ2v) is 11.9.